The number of hydrogen-bond donors (Lipinski definition) is 1. The highest BCUT2D eigenvalue weighted by Crippen LogP contribution is 2.49. The Balaban J connectivity index is 1.27. The fraction of sp³-hybridized carbons (Fsp3) is 0.310. The molecular formula is C29H30N2O2. The maximum atomic E-state index is 13.5. The Hall–Kier alpha value is -3.40. The van der Waals surface area contributed by atoms with E-state index in [0.717, 1.165) is 17.5 Å². The average Bonchev–Trinajstić information content (AvgIpc) is 3.70. The van der Waals surface area contributed by atoms with Crippen LogP contribution in [0.5, 0.6) is 0 Å². The minimum atomic E-state index is -0.602. The number of carbonyl (C=O) groups excluding carboxylic acids is 2. The Morgan fingerprint density at radius 1 is 0.818 bits per heavy atom. The van der Waals surface area contributed by atoms with E-state index in [-0.39, 0.29) is 17.7 Å². The third-order valence-electron chi connectivity index (χ3n) is 7.32. The van der Waals surface area contributed by atoms with Crippen molar-refractivity contribution in [2.75, 3.05) is 13.1 Å². The van der Waals surface area contributed by atoms with Gasteiger partial charge < -0.3 is 10.2 Å². The SMILES string of the molecule is O=C(C1CC1c1ccccc1)N1CCC(C(=O)NCc2ccccc2)(c2ccccc2)CC1. The third kappa shape index (κ3) is 4.43. The van der Waals surface area contributed by atoms with Crippen LogP contribution in [-0.2, 0) is 21.5 Å². The van der Waals surface area contributed by atoms with E-state index in [2.05, 4.69) is 17.4 Å². The number of nitrogens with zero attached hydrogens (tertiary/aromatic N) is 1. The minimum Gasteiger partial charge on any atom is -0.351 e. The molecule has 3 aromatic carbocycles. The van der Waals surface area contributed by atoms with E-state index in [9.17, 15) is 9.59 Å². The van der Waals surface area contributed by atoms with Gasteiger partial charge in [-0.25, -0.2) is 0 Å². The lowest BCUT2D eigenvalue weighted by Gasteiger charge is -2.41. The van der Waals surface area contributed by atoms with Gasteiger partial charge in [-0.1, -0.05) is 91.0 Å². The van der Waals surface area contributed by atoms with Crippen LogP contribution < -0.4 is 5.32 Å². The van der Waals surface area contributed by atoms with Gasteiger partial charge in [-0.2, -0.15) is 0 Å². The lowest BCUT2D eigenvalue weighted by Crippen LogP contribution is -2.53. The lowest BCUT2D eigenvalue weighted by atomic mass is 9.72. The predicted octanol–water partition coefficient (Wildman–Crippen LogP) is 4.67. The van der Waals surface area contributed by atoms with E-state index < -0.39 is 5.41 Å². The van der Waals surface area contributed by atoms with Crippen molar-refractivity contribution in [1.29, 1.82) is 0 Å². The Kier molecular flexibility index (Phi) is 5.99. The second kappa shape index (κ2) is 9.22. The Morgan fingerprint density at radius 2 is 1.39 bits per heavy atom. The average molecular weight is 439 g/mol. The fourth-order valence-electron chi connectivity index (χ4n) is 5.23. The summed E-state index contributed by atoms with van der Waals surface area (Å²) in [6.45, 7) is 1.74. The predicted molar refractivity (Wildman–Crippen MR) is 130 cm³/mol. The van der Waals surface area contributed by atoms with Crippen LogP contribution in [0.25, 0.3) is 0 Å². The zero-order valence-corrected chi connectivity index (χ0v) is 18.8. The number of likely N-dealkylation sites (tertiary alicyclic amines) is 1. The quantitative estimate of drug-likeness (QED) is 0.608. The molecule has 1 aliphatic heterocycles. The van der Waals surface area contributed by atoms with Crippen molar-refractivity contribution in [3.05, 3.63) is 108 Å². The minimum absolute atomic E-state index is 0.0539. The molecule has 2 unspecified atom stereocenters. The van der Waals surface area contributed by atoms with Gasteiger partial charge in [0.2, 0.25) is 11.8 Å². The lowest BCUT2D eigenvalue weighted by molar-refractivity contribution is -0.138. The van der Waals surface area contributed by atoms with E-state index in [1.54, 1.807) is 0 Å². The maximum absolute atomic E-state index is 13.5. The van der Waals surface area contributed by atoms with Gasteiger partial charge in [0.15, 0.2) is 0 Å². The molecule has 33 heavy (non-hydrogen) atoms. The molecule has 4 heteroatoms. The van der Waals surface area contributed by atoms with Crippen molar-refractivity contribution in [2.24, 2.45) is 5.92 Å². The van der Waals surface area contributed by atoms with Gasteiger partial charge in [-0.15, -0.1) is 0 Å². The van der Waals surface area contributed by atoms with Crippen LogP contribution in [0.1, 0.15) is 41.9 Å². The monoisotopic (exact) mass is 438 g/mol. The summed E-state index contributed by atoms with van der Waals surface area (Å²) in [5.74, 6) is 0.727. The molecule has 5 rings (SSSR count). The van der Waals surface area contributed by atoms with Crippen molar-refractivity contribution in [2.45, 2.75) is 37.1 Å². The van der Waals surface area contributed by atoms with E-state index in [4.69, 9.17) is 0 Å². The van der Waals surface area contributed by atoms with E-state index in [1.807, 2.05) is 83.8 Å². The molecule has 1 aliphatic carbocycles. The standard InChI is InChI=1S/C29H30N2O2/c32-27(26-20-25(26)23-12-6-2-7-13-23)31-18-16-29(17-19-31,24-14-8-3-9-15-24)28(33)30-21-22-10-4-1-5-11-22/h1-15,25-26H,16-21H2,(H,30,33). The first-order chi connectivity index (χ1) is 16.2. The Morgan fingerprint density at radius 3 is 2.03 bits per heavy atom. The highest BCUT2D eigenvalue weighted by molar-refractivity contribution is 5.89. The second-order valence-electron chi connectivity index (χ2n) is 9.30. The molecule has 2 amide bonds. The molecule has 1 saturated carbocycles. The van der Waals surface area contributed by atoms with Crippen LogP contribution in [0.15, 0.2) is 91.0 Å². The molecule has 4 nitrogen and oxygen atoms in total. The number of rotatable bonds is 6. The smallest absolute Gasteiger partial charge is 0.231 e. The molecule has 0 bridgehead atoms. The summed E-state index contributed by atoms with van der Waals surface area (Å²) in [5, 5.41) is 3.17. The van der Waals surface area contributed by atoms with Crippen molar-refractivity contribution < 1.29 is 9.59 Å². The molecule has 0 radical (unpaired) electrons. The van der Waals surface area contributed by atoms with Gasteiger partial charge in [0, 0.05) is 25.6 Å². The summed E-state index contributed by atoms with van der Waals surface area (Å²) in [6.07, 6.45) is 2.22. The highest BCUT2D eigenvalue weighted by Gasteiger charge is 2.49. The van der Waals surface area contributed by atoms with E-state index in [0.29, 0.717) is 38.4 Å². The molecule has 3 aromatic rings. The molecule has 168 valence electrons. The molecule has 0 spiro atoms. The fourth-order valence-corrected chi connectivity index (χ4v) is 5.23. The van der Waals surface area contributed by atoms with Crippen LogP contribution in [-0.4, -0.2) is 29.8 Å². The number of benzene rings is 3. The zero-order valence-electron chi connectivity index (χ0n) is 18.8. The van der Waals surface area contributed by atoms with Gasteiger partial charge in [-0.3, -0.25) is 9.59 Å². The first-order valence-corrected chi connectivity index (χ1v) is 11.9. The molecule has 2 fully saturated rings. The van der Waals surface area contributed by atoms with Crippen LogP contribution in [0.2, 0.25) is 0 Å². The van der Waals surface area contributed by atoms with Crippen molar-refractivity contribution in [1.82, 2.24) is 10.2 Å². The summed E-state index contributed by atoms with van der Waals surface area (Å²) in [6, 6.07) is 30.4. The van der Waals surface area contributed by atoms with Gasteiger partial charge in [0.05, 0.1) is 5.41 Å². The summed E-state index contributed by atoms with van der Waals surface area (Å²) < 4.78 is 0. The number of amides is 2. The summed E-state index contributed by atoms with van der Waals surface area (Å²) in [7, 11) is 0. The van der Waals surface area contributed by atoms with E-state index in [1.165, 1.54) is 5.56 Å². The Labute approximate surface area is 195 Å². The molecule has 1 heterocycles. The normalized spacial score (nSPS) is 21.3. The Bertz CT molecular complexity index is 1090. The largest absolute Gasteiger partial charge is 0.351 e. The zero-order chi connectivity index (χ0) is 22.7. The summed E-state index contributed by atoms with van der Waals surface area (Å²) in [5.41, 5.74) is 2.78. The van der Waals surface area contributed by atoms with Crippen molar-refractivity contribution in [3.8, 4) is 0 Å². The summed E-state index contributed by atoms with van der Waals surface area (Å²) >= 11 is 0. The molecule has 2 aliphatic rings. The van der Waals surface area contributed by atoms with E-state index >= 15 is 0 Å². The summed E-state index contributed by atoms with van der Waals surface area (Å²) in [4.78, 5) is 28.7. The molecule has 1 saturated heterocycles. The topological polar surface area (TPSA) is 49.4 Å². The van der Waals surface area contributed by atoms with Gasteiger partial charge in [-0.05, 0) is 41.9 Å². The molecule has 1 N–H and O–H groups in total. The number of hydrogen-bond acceptors (Lipinski definition) is 2. The first kappa shape index (κ1) is 21.4. The maximum Gasteiger partial charge on any atom is 0.231 e. The van der Waals surface area contributed by atoms with Gasteiger partial charge >= 0.3 is 0 Å². The highest BCUT2D eigenvalue weighted by atomic mass is 16.2. The number of nitrogens with one attached hydrogen (secondary N) is 1. The van der Waals surface area contributed by atoms with Crippen LogP contribution >= 0.6 is 0 Å². The third-order valence-corrected chi connectivity index (χ3v) is 7.32. The van der Waals surface area contributed by atoms with Gasteiger partial charge in [0.1, 0.15) is 0 Å². The van der Waals surface area contributed by atoms with Gasteiger partial charge in [0.25, 0.3) is 0 Å². The number of carbonyl (C=O) groups is 2. The molecule has 2 atom stereocenters. The van der Waals surface area contributed by atoms with Crippen molar-refractivity contribution >= 4 is 11.8 Å². The second-order valence-corrected chi connectivity index (χ2v) is 9.30. The van der Waals surface area contributed by atoms with Crippen LogP contribution in [0, 0.1) is 5.92 Å². The van der Waals surface area contributed by atoms with Crippen LogP contribution in [0.4, 0.5) is 0 Å². The number of piperidine rings is 1. The molecular weight excluding hydrogens is 408 g/mol. The first-order valence-electron chi connectivity index (χ1n) is 11.9. The van der Waals surface area contributed by atoms with Crippen molar-refractivity contribution in [3.63, 3.8) is 0 Å². The molecule has 0 aromatic heterocycles. The van der Waals surface area contributed by atoms with Crippen LogP contribution in [0.3, 0.4) is 0 Å².